The van der Waals surface area contributed by atoms with Gasteiger partial charge in [0.2, 0.25) is 0 Å². The van der Waals surface area contributed by atoms with Crippen LogP contribution in [0, 0.1) is 10.8 Å². The number of carboxylic acid groups (broad SMARTS) is 2. The van der Waals surface area contributed by atoms with Crippen LogP contribution in [0.5, 0.6) is 0 Å². The molecule has 2 aromatic rings. The Morgan fingerprint density at radius 1 is 0.622 bits per heavy atom. The quantitative estimate of drug-likeness (QED) is 0.152. The third kappa shape index (κ3) is 15.5. The van der Waals surface area contributed by atoms with E-state index in [9.17, 15) is 30.0 Å². The molecule has 2 N–H and O–H groups in total. The average Bonchev–Trinajstić information content (AvgIpc) is 3.00. The van der Waals surface area contributed by atoms with Gasteiger partial charge < -0.3 is 30.0 Å². The van der Waals surface area contributed by atoms with E-state index in [1.807, 2.05) is 72.8 Å². The smallest absolute Gasteiger partial charge is 0.549 e. The number of aliphatic hydroxyl groups is 2. The second-order valence-electron chi connectivity index (χ2n) is 12.7. The Labute approximate surface area is 301 Å². The molecular formula is C38H54CaO6. The summed E-state index contributed by atoms with van der Waals surface area (Å²) in [5, 5.41) is 43.7. The molecule has 0 aromatic heterocycles. The zero-order valence-electron chi connectivity index (χ0n) is 28.4. The van der Waals surface area contributed by atoms with Crippen LogP contribution < -0.4 is 10.2 Å². The van der Waals surface area contributed by atoms with Crippen LogP contribution in [0.4, 0.5) is 0 Å². The third-order valence-electron chi connectivity index (χ3n) is 8.06. The molecule has 0 aliphatic rings. The van der Waals surface area contributed by atoms with Crippen molar-refractivity contribution in [2.75, 3.05) is 0 Å². The fourth-order valence-electron chi connectivity index (χ4n) is 4.76. The Morgan fingerprint density at radius 3 is 1.20 bits per heavy atom. The van der Waals surface area contributed by atoms with Crippen molar-refractivity contribution in [3.05, 3.63) is 82.9 Å². The molecule has 45 heavy (non-hydrogen) atoms. The molecular weight excluding hydrogens is 592 g/mol. The summed E-state index contributed by atoms with van der Waals surface area (Å²) in [4.78, 5) is 22.6. The first kappa shape index (κ1) is 43.0. The number of hydrogen-bond donors (Lipinski definition) is 2. The number of carboxylic acids is 2. The first-order valence-electron chi connectivity index (χ1n) is 16.1. The molecule has 7 heteroatoms. The number of aliphatic hydroxyl groups excluding tert-OH is 2. The normalized spacial score (nSPS) is 13.6. The van der Waals surface area contributed by atoms with Gasteiger partial charge in [0.15, 0.2) is 0 Å². The van der Waals surface area contributed by atoms with Crippen molar-refractivity contribution in [3.8, 4) is 0 Å². The average molecular weight is 647 g/mol. The van der Waals surface area contributed by atoms with E-state index in [0.29, 0.717) is 12.8 Å². The third-order valence-corrected chi connectivity index (χ3v) is 8.06. The predicted octanol–water partition coefficient (Wildman–Crippen LogP) is 5.97. The number of unbranched alkanes of at least 4 members (excludes halogenated alkanes) is 6. The fourth-order valence-corrected chi connectivity index (χ4v) is 4.76. The van der Waals surface area contributed by atoms with Gasteiger partial charge >= 0.3 is 37.7 Å². The summed E-state index contributed by atoms with van der Waals surface area (Å²) in [6.07, 6.45) is 11.8. The molecule has 2 aromatic carbocycles. The van der Waals surface area contributed by atoms with Crippen molar-refractivity contribution in [2.24, 2.45) is 10.8 Å². The minimum Gasteiger partial charge on any atom is -0.549 e. The number of aliphatic carboxylic acids is 2. The summed E-state index contributed by atoms with van der Waals surface area (Å²) >= 11 is 0. The molecule has 0 amide bonds. The number of rotatable bonds is 18. The van der Waals surface area contributed by atoms with Crippen molar-refractivity contribution in [1.29, 1.82) is 0 Å². The van der Waals surface area contributed by atoms with Gasteiger partial charge in [-0.25, -0.2) is 0 Å². The first-order chi connectivity index (χ1) is 20.8. The van der Waals surface area contributed by atoms with Crippen LogP contribution in [0.15, 0.2) is 71.8 Å². The van der Waals surface area contributed by atoms with Crippen molar-refractivity contribution in [3.63, 3.8) is 0 Å². The van der Waals surface area contributed by atoms with Crippen LogP contribution in [0.2, 0.25) is 0 Å². The van der Waals surface area contributed by atoms with Crippen LogP contribution in [-0.4, -0.2) is 72.1 Å². The molecule has 2 rings (SSSR count). The Kier molecular flexibility index (Phi) is 21.6. The summed E-state index contributed by atoms with van der Waals surface area (Å²) in [6.45, 7) is 10.3. The predicted molar refractivity (Wildman–Crippen MR) is 182 cm³/mol. The largest absolute Gasteiger partial charge is 2.00 e. The zero-order chi connectivity index (χ0) is 33.2. The van der Waals surface area contributed by atoms with E-state index in [0.717, 1.165) is 73.6 Å². The summed E-state index contributed by atoms with van der Waals surface area (Å²) in [5.74, 6) is -2.46. The molecule has 244 valence electrons. The zero-order valence-corrected chi connectivity index (χ0v) is 30.6. The van der Waals surface area contributed by atoms with E-state index in [1.165, 1.54) is 27.7 Å². The molecule has 0 saturated carbocycles. The van der Waals surface area contributed by atoms with Crippen LogP contribution >= 0.6 is 0 Å². The molecule has 0 aliphatic heterocycles. The first-order valence-corrected chi connectivity index (χ1v) is 16.1. The minimum absolute atomic E-state index is 0. The monoisotopic (exact) mass is 646 g/mol. The summed E-state index contributed by atoms with van der Waals surface area (Å²) in [5.41, 5.74) is 0.867. The number of carbonyl (C=O) groups excluding carboxylic acids is 2. The van der Waals surface area contributed by atoms with Gasteiger partial charge in [-0.1, -0.05) is 153 Å². The SMILES string of the molecule is CCCCCC/C(=C/c1ccccc1)C(O)C(C)(C)C(=O)[O-].CCCCCC/C(=C/c1ccccc1)C(O)C(C)(C)C(=O)[O-].[Ca+2]. The van der Waals surface area contributed by atoms with E-state index in [2.05, 4.69) is 13.8 Å². The van der Waals surface area contributed by atoms with Crippen molar-refractivity contribution >= 4 is 61.8 Å². The maximum absolute atomic E-state index is 11.3. The van der Waals surface area contributed by atoms with E-state index >= 15 is 0 Å². The standard InChI is InChI=1S/2C19H28O3.Ca/c2*1-4-5-6-10-13-16(14-15-11-8-7-9-12-15)17(20)19(2,3)18(21)22;/h2*7-9,11-12,14,17,20H,4-6,10,13H2,1-3H3,(H,21,22);/q;;+2/p-2/b2*16-14-;. The molecule has 0 heterocycles. The van der Waals surface area contributed by atoms with Gasteiger partial charge in [0.25, 0.3) is 0 Å². The van der Waals surface area contributed by atoms with Gasteiger partial charge in [0.05, 0.1) is 12.2 Å². The van der Waals surface area contributed by atoms with E-state index in [4.69, 9.17) is 0 Å². The second-order valence-corrected chi connectivity index (χ2v) is 12.7. The van der Waals surface area contributed by atoms with Gasteiger partial charge in [-0.2, -0.15) is 0 Å². The molecule has 0 bridgehead atoms. The van der Waals surface area contributed by atoms with Gasteiger partial charge in [-0.15, -0.1) is 0 Å². The van der Waals surface area contributed by atoms with Gasteiger partial charge in [0, 0.05) is 22.8 Å². The molecule has 2 atom stereocenters. The van der Waals surface area contributed by atoms with Crippen LogP contribution in [-0.2, 0) is 9.59 Å². The Hall–Kier alpha value is -1.96. The number of benzene rings is 2. The Morgan fingerprint density at radius 2 is 0.933 bits per heavy atom. The second kappa shape index (κ2) is 22.5. The molecule has 2 unspecified atom stereocenters. The van der Waals surface area contributed by atoms with Crippen LogP contribution in [0.25, 0.3) is 12.2 Å². The molecule has 0 saturated heterocycles. The maximum atomic E-state index is 11.3. The summed E-state index contributed by atoms with van der Waals surface area (Å²) in [7, 11) is 0. The summed E-state index contributed by atoms with van der Waals surface area (Å²) in [6, 6.07) is 19.4. The fraction of sp³-hybridized carbons (Fsp3) is 0.526. The Balaban J connectivity index is 0.000000842. The van der Waals surface area contributed by atoms with E-state index < -0.39 is 35.0 Å². The van der Waals surface area contributed by atoms with Crippen molar-refractivity contribution in [1.82, 2.24) is 0 Å². The topological polar surface area (TPSA) is 121 Å². The van der Waals surface area contributed by atoms with E-state index in [1.54, 1.807) is 0 Å². The van der Waals surface area contributed by atoms with Crippen molar-refractivity contribution in [2.45, 2.75) is 118 Å². The molecule has 6 nitrogen and oxygen atoms in total. The minimum atomic E-state index is -1.30. The van der Waals surface area contributed by atoms with Crippen molar-refractivity contribution < 1.29 is 30.0 Å². The number of carbonyl (C=O) groups is 2. The molecule has 0 spiro atoms. The van der Waals surface area contributed by atoms with Crippen LogP contribution in [0.3, 0.4) is 0 Å². The van der Waals surface area contributed by atoms with E-state index in [-0.39, 0.29) is 37.7 Å². The molecule has 0 radical (unpaired) electrons. The summed E-state index contributed by atoms with van der Waals surface area (Å²) < 4.78 is 0. The maximum Gasteiger partial charge on any atom is 2.00 e. The molecule has 0 fully saturated rings. The number of hydrogen-bond acceptors (Lipinski definition) is 6. The van der Waals surface area contributed by atoms with Gasteiger partial charge in [0.1, 0.15) is 0 Å². The molecule has 0 aliphatic carbocycles. The van der Waals surface area contributed by atoms with Crippen LogP contribution in [0.1, 0.15) is 117 Å². The van der Waals surface area contributed by atoms with Gasteiger partial charge in [-0.3, -0.25) is 0 Å². The Bertz CT molecular complexity index is 1080. The van der Waals surface area contributed by atoms with Gasteiger partial charge in [-0.05, 0) is 48.0 Å².